The van der Waals surface area contributed by atoms with Crippen molar-refractivity contribution in [2.75, 3.05) is 19.0 Å². The third kappa shape index (κ3) is 2.79. The van der Waals surface area contributed by atoms with Gasteiger partial charge in [0, 0.05) is 18.2 Å². The van der Waals surface area contributed by atoms with Crippen LogP contribution in [0.25, 0.3) is 0 Å². The highest BCUT2D eigenvalue weighted by molar-refractivity contribution is 5.85. The van der Waals surface area contributed by atoms with Crippen LogP contribution in [0.1, 0.15) is 28.6 Å². The van der Waals surface area contributed by atoms with E-state index in [1.807, 2.05) is 24.3 Å². The predicted molar refractivity (Wildman–Crippen MR) is 76.3 cm³/mol. The van der Waals surface area contributed by atoms with E-state index >= 15 is 0 Å². The summed E-state index contributed by atoms with van der Waals surface area (Å²) in [6, 6.07) is 9.71. The molecule has 3 rings (SSSR count). The second kappa shape index (κ2) is 5.78. The van der Waals surface area contributed by atoms with E-state index in [1.165, 1.54) is 13.3 Å². The molecule has 2 heterocycles. The normalized spacial score (nSPS) is 16.5. The summed E-state index contributed by atoms with van der Waals surface area (Å²) >= 11 is 0. The van der Waals surface area contributed by atoms with Crippen LogP contribution in [-0.2, 0) is 4.74 Å². The van der Waals surface area contributed by atoms with Gasteiger partial charge in [0.1, 0.15) is 11.6 Å². The molecule has 2 aromatic rings. The summed E-state index contributed by atoms with van der Waals surface area (Å²) in [6.45, 7) is 0.642. The fourth-order valence-corrected chi connectivity index (χ4v) is 2.30. The second-order valence-electron chi connectivity index (χ2n) is 4.63. The number of aromatic nitrogens is 2. The molecule has 0 amide bonds. The van der Waals surface area contributed by atoms with Crippen molar-refractivity contribution < 1.29 is 14.3 Å². The number of hydrogen-bond acceptors (Lipinski definition) is 6. The zero-order chi connectivity index (χ0) is 14.7. The summed E-state index contributed by atoms with van der Waals surface area (Å²) < 4.78 is 10.2. The first-order valence-electron chi connectivity index (χ1n) is 6.67. The van der Waals surface area contributed by atoms with Gasteiger partial charge in [-0.25, -0.2) is 14.8 Å². The Balaban J connectivity index is 1.83. The maximum Gasteiger partial charge on any atom is 0.376 e. The average molecular weight is 285 g/mol. The number of fused-ring (bicyclic) bond motifs is 1. The van der Waals surface area contributed by atoms with Crippen LogP contribution in [0.15, 0.2) is 36.5 Å². The highest BCUT2D eigenvalue weighted by atomic mass is 16.5. The minimum atomic E-state index is -0.550. The van der Waals surface area contributed by atoms with Crippen molar-refractivity contribution in [1.29, 1.82) is 0 Å². The fraction of sp³-hybridized carbons (Fsp3) is 0.267. The van der Waals surface area contributed by atoms with Gasteiger partial charge in [0.05, 0.1) is 19.8 Å². The molecular formula is C15H15N3O3. The maximum atomic E-state index is 11.5. The molecule has 1 aromatic carbocycles. The van der Waals surface area contributed by atoms with E-state index in [0.29, 0.717) is 12.4 Å². The number of nitrogens with one attached hydrogen (secondary N) is 1. The number of methoxy groups -OCH3 is 1. The lowest BCUT2D eigenvalue weighted by Crippen LogP contribution is -2.21. The first-order valence-corrected chi connectivity index (χ1v) is 6.67. The van der Waals surface area contributed by atoms with E-state index in [4.69, 9.17) is 4.74 Å². The van der Waals surface area contributed by atoms with Gasteiger partial charge in [0.25, 0.3) is 0 Å². The number of carbonyl (C=O) groups is 1. The average Bonchev–Trinajstić information content (AvgIpc) is 2.55. The van der Waals surface area contributed by atoms with Gasteiger partial charge >= 0.3 is 5.97 Å². The highest BCUT2D eigenvalue weighted by Gasteiger charge is 2.21. The largest absolute Gasteiger partial charge is 0.493 e. The maximum absolute atomic E-state index is 11.5. The van der Waals surface area contributed by atoms with Gasteiger partial charge < -0.3 is 14.8 Å². The molecular weight excluding hydrogens is 270 g/mol. The molecule has 6 heteroatoms. The molecule has 1 unspecified atom stereocenters. The lowest BCUT2D eigenvalue weighted by molar-refractivity contribution is 0.0587. The Morgan fingerprint density at radius 2 is 2.24 bits per heavy atom. The lowest BCUT2D eigenvalue weighted by Gasteiger charge is -2.27. The Kier molecular flexibility index (Phi) is 3.68. The molecule has 1 aromatic heterocycles. The number of esters is 1. The Morgan fingerprint density at radius 3 is 3.10 bits per heavy atom. The van der Waals surface area contributed by atoms with E-state index in [0.717, 1.165) is 17.7 Å². The first-order chi connectivity index (χ1) is 10.3. The molecule has 0 bridgehead atoms. The van der Waals surface area contributed by atoms with E-state index in [-0.39, 0.29) is 11.9 Å². The van der Waals surface area contributed by atoms with Gasteiger partial charge in [-0.15, -0.1) is 0 Å². The first kappa shape index (κ1) is 13.4. The molecule has 0 saturated carbocycles. The van der Waals surface area contributed by atoms with Crippen LogP contribution in [0, 0.1) is 0 Å². The van der Waals surface area contributed by atoms with Crippen molar-refractivity contribution in [2.45, 2.75) is 12.5 Å². The SMILES string of the molecule is COC(=O)c1nccc(NC2CCOc3ccccc32)n1. The third-order valence-electron chi connectivity index (χ3n) is 3.30. The van der Waals surface area contributed by atoms with Crippen molar-refractivity contribution in [3.63, 3.8) is 0 Å². The summed E-state index contributed by atoms with van der Waals surface area (Å²) in [5, 5.41) is 3.32. The minimum Gasteiger partial charge on any atom is -0.493 e. The number of para-hydroxylation sites is 1. The minimum absolute atomic E-state index is 0.0443. The molecule has 0 radical (unpaired) electrons. The van der Waals surface area contributed by atoms with Crippen molar-refractivity contribution in [3.8, 4) is 5.75 Å². The molecule has 1 N–H and O–H groups in total. The third-order valence-corrected chi connectivity index (χ3v) is 3.30. The monoisotopic (exact) mass is 285 g/mol. The quantitative estimate of drug-likeness (QED) is 0.871. The molecule has 0 spiro atoms. The van der Waals surface area contributed by atoms with E-state index in [2.05, 4.69) is 20.0 Å². The molecule has 108 valence electrons. The van der Waals surface area contributed by atoms with Crippen molar-refractivity contribution in [3.05, 3.63) is 47.9 Å². The van der Waals surface area contributed by atoms with Crippen molar-refractivity contribution >= 4 is 11.8 Å². The van der Waals surface area contributed by atoms with E-state index in [9.17, 15) is 4.79 Å². The van der Waals surface area contributed by atoms with Crippen LogP contribution in [0.2, 0.25) is 0 Å². The molecule has 6 nitrogen and oxygen atoms in total. The van der Waals surface area contributed by atoms with Crippen LogP contribution < -0.4 is 10.1 Å². The van der Waals surface area contributed by atoms with Gasteiger partial charge in [-0.2, -0.15) is 0 Å². The topological polar surface area (TPSA) is 73.3 Å². The molecule has 0 aliphatic carbocycles. The zero-order valence-corrected chi connectivity index (χ0v) is 11.6. The second-order valence-corrected chi connectivity index (χ2v) is 4.63. The van der Waals surface area contributed by atoms with Gasteiger partial charge in [-0.1, -0.05) is 18.2 Å². The Labute approximate surface area is 122 Å². The molecule has 0 saturated heterocycles. The zero-order valence-electron chi connectivity index (χ0n) is 11.6. The summed E-state index contributed by atoms with van der Waals surface area (Å²) in [6.07, 6.45) is 2.36. The molecule has 0 fully saturated rings. The lowest BCUT2D eigenvalue weighted by atomic mass is 10.0. The fourth-order valence-electron chi connectivity index (χ4n) is 2.30. The van der Waals surface area contributed by atoms with Crippen LogP contribution in [0.3, 0.4) is 0 Å². The van der Waals surface area contributed by atoms with Gasteiger partial charge in [0.2, 0.25) is 5.82 Å². The van der Waals surface area contributed by atoms with Gasteiger partial charge in [-0.3, -0.25) is 0 Å². The van der Waals surface area contributed by atoms with Crippen LogP contribution in [0.4, 0.5) is 5.82 Å². The number of carbonyl (C=O) groups excluding carboxylic acids is 1. The van der Waals surface area contributed by atoms with Crippen LogP contribution in [-0.4, -0.2) is 29.7 Å². The van der Waals surface area contributed by atoms with Gasteiger partial charge in [0.15, 0.2) is 0 Å². The van der Waals surface area contributed by atoms with E-state index < -0.39 is 5.97 Å². The summed E-state index contributed by atoms with van der Waals surface area (Å²) in [5.74, 6) is 0.962. The Bertz CT molecular complexity index is 660. The number of hydrogen-bond donors (Lipinski definition) is 1. The van der Waals surface area contributed by atoms with Crippen LogP contribution >= 0.6 is 0 Å². The number of rotatable bonds is 3. The molecule has 21 heavy (non-hydrogen) atoms. The van der Waals surface area contributed by atoms with Gasteiger partial charge in [-0.05, 0) is 12.1 Å². The number of ether oxygens (including phenoxy) is 2. The number of benzene rings is 1. The Morgan fingerprint density at radius 1 is 1.38 bits per heavy atom. The summed E-state index contributed by atoms with van der Waals surface area (Å²) in [7, 11) is 1.31. The number of nitrogens with zero attached hydrogens (tertiary/aromatic N) is 2. The standard InChI is InChI=1S/C15H15N3O3/c1-20-15(19)14-16-8-6-13(18-14)17-11-7-9-21-12-5-3-2-4-10(11)12/h2-6,8,11H,7,9H2,1H3,(H,16,17,18). The van der Waals surface area contributed by atoms with Crippen molar-refractivity contribution in [2.24, 2.45) is 0 Å². The van der Waals surface area contributed by atoms with Crippen molar-refractivity contribution in [1.82, 2.24) is 9.97 Å². The molecule has 1 atom stereocenters. The predicted octanol–water partition coefficient (Wildman–Crippen LogP) is 2.20. The Hall–Kier alpha value is -2.63. The summed E-state index contributed by atoms with van der Waals surface area (Å²) in [4.78, 5) is 19.5. The molecule has 1 aliphatic rings. The highest BCUT2D eigenvalue weighted by Crippen LogP contribution is 2.33. The van der Waals surface area contributed by atoms with E-state index in [1.54, 1.807) is 6.07 Å². The van der Waals surface area contributed by atoms with Crippen LogP contribution in [0.5, 0.6) is 5.75 Å². The molecule has 1 aliphatic heterocycles. The number of anilines is 1. The smallest absolute Gasteiger partial charge is 0.376 e. The summed E-state index contributed by atoms with van der Waals surface area (Å²) in [5.41, 5.74) is 1.09.